The molecule has 2 aromatic carbocycles. The van der Waals surface area contributed by atoms with Crippen LogP contribution in [-0.2, 0) is 5.79 Å². The predicted octanol–water partition coefficient (Wildman–Crippen LogP) is 1.43. The number of hydrogen-bond donors (Lipinski definition) is 3. The summed E-state index contributed by atoms with van der Waals surface area (Å²) in [7, 11) is 0. The molecular formula is C16H17N5. The Bertz CT molecular complexity index is 703. The molecule has 0 spiro atoms. The van der Waals surface area contributed by atoms with Crippen molar-refractivity contribution in [2.75, 3.05) is 0 Å². The lowest BCUT2D eigenvalue weighted by atomic mass is 10.1. The molecule has 21 heavy (non-hydrogen) atoms. The molecule has 5 N–H and O–H groups in total. The van der Waals surface area contributed by atoms with Crippen LogP contribution in [0.25, 0.3) is 0 Å². The smallest absolute Gasteiger partial charge is 0.234 e. The van der Waals surface area contributed by atoms with Gasteiger partial charge in [0.2, 0.25) is 5.79 Å². The standard InChI is InChI=1S/C16H17N5/c1-11-7-9-12(10-8-11)14-19-15(17)21-16(18,20-14)13-5-3-2-4-6-13/h2-10H,18H2,1H3,(H3,17,19,20,21). The van der Waals surface area contributed by atoms with Crippen LogP contribution >= 0.6 is 0 Å². The monoisotopic (exact) mass is 279 g/mol. The Hall–Kier alpha value is -2.66. The van der Waals surface area contributed by atoms with Crippen molar-refractivity contribution in [1.29, 1.82) is 0 Å². The number of nitrogens with one attached hydrogen (secondary N) is 1. The molecule has 0 bridgehead atoms. The molecule has 2 aromatic rings. The zero-order chi connectivity index (χ0) is 14.9. The molecule has 0 radical (unpaired) electrons. The highest BCUT2D eigenvalue weighted by atomic mass is 15.3. The van der Waals surface area contributed by atoms with Gasteiger partial charge in [-0.1, -0.05) is 60.2 Å². The van der Waals surface area contributed by atoms with Crippen molar-refractivity contribution in [3.63, 3.8) is 0 Å². The van der Waals surface area contributed by atoms with E-state index in [1.54, 1.807) is 0 Å². The van der Waals surface area contributed by atoms with Gasteiger partial charge in [-0.05, 0) is 6.92 Å². The normalized spacial score (nSPS) is 21.2. The lowest BCUT2D eigenvalue weighted by Crippen LogP contribution is -2.48. The van der Waals surface area contributed by atoms with Gasteiger partial charge in [-0.15, -0.1) is 0 Å². The second-order valence-corrected chi connectivity index (χ2v) is 5.04. The minimum atomic E-state index is -1.20. The Labute approximate surface area is 123 Å². The Balaban J connectivity index is 2.05. The average molecular weight is 279 g/mol. The van der Waals surface area contributed by atoms with Gasteiger partial charge >= 0.3 is 0 Å². The number of aryl methyl sites for hydroxylation is 1. The molecule has 1 aliphatic heterocycles. The first-order chi connectivity index (χ1) is 10.1. The summed E-state index contributed by atoms with van der Waals surface area (Å²) in [6.07, 6.45) is 0. The van der Waals surface area contributed by atoms with Gasteiger partial charge < -0.3 is 11.1 Å². The number of nitrogens with two attached hydrogens (primary N) is 2. The van der Waals surface area contributed by atoms with Gasteiger partial charge in [0.15, 0.2) is 5.96 Å². The number of amidine groups is 1. The number of aliphatic imine (C=N–C) groups is 2. The first kappa shape index (κ1) is 13.3. The van der Waals surface area contributed by atoms with Crippen LogP contribution < -0.4 is 16.8 Å². The van der Waals surface area contributed by atoms with Crippen molar-refractivity contribution in [2.24, 2.45) is 21.5 Å². The maximum absolute atomic E-state index is 6.33. The second-order valence-electron chi connectivity index (χ2n) is 5.04. The van der Waals surface area contributed by atoms with Gasteiger partial charge in [0.1, 0.15) is 5.84 Å². The van der Waals surface area contributed by atoms with Crippen LogP contribution in [0.4, 0.5) is 0 Å². The third-order valence-electron chi connectivity index (χ3n) is 3.34. The second kappa shape index (κ2) is 5.03. The maximum atomic E-state index is 6.33. The van der Waals surface area contributed by atoms with Gasteiger partial charge in [-0.2, -0.15) is 0 Å². The zero-order valence-electron chi connectivity index (χ0n) is 11.7. The molecular weight excluding hydrogens is 262 g/mol. The molecule has 1 heterocycles. The minimum Gasteiger partial charge on any atom is -0.370 e. The molecule has 0 aromatic heterocycles. The largest absolute Gasteiger partial charge is 0.370 e. The summed E-state index contributed by atoms with van der Waals surface area (Å²) in [5.74, 6) is -0.322. The predicted molar refractivity (Wildman–Crippen MR) is 84.8 cm³/mol. The van der Waals surface area contributed by atoms with E-state index in [0.717, 1.165) is 11.1 Å². The van der Waals surface area contributed by atoms with Crippen LogP contribution in [0, 0.1) is 6.92 Å². The molecule has 0 saturated carbocycles. The van der Waals surface area contributed by atoms with Gasteiger partial charge in [0.25, 0.3) is 0 Å². The van der Waals surface area contributed by atoms with Crippen LogP contribution in [0.3, 0.4) is 0 Å². The molecule has 1 unspecified atom stereocenters. The van der Waals surface area contributed by atoms with Gasteiger partial charge in [-0.25, -0.2) is 9.98 Å². The minimum absolute atomic E-state index is 0.256. The molecule has 106 valence electrons. The summed E-state index contributed by atoms with van der Waals surface area (Å²) in [5.41, 5.74) is 15.1. The van der Waals surface area contributed by atoms with Crippen LogP contribution in [0.2, 0.25) is 0 Å². The van der Waals surface area contributed by atoms with Crippen LogP contribution in [0.15, 0.2) is 64.6 Å². The molecule has 1 aliphatic rings. The van der Waals surface area contributed by atoms with E-state index in [4.69, 9.17) is 11.5 Å². The van der Waals surface area contributed by atoms with Crippen molar-refractivity contribution in [1.82, 2.24) is 5.32 Å². The molecule has 3 rings (SSSR count). The maximum Gasteiger partial charge on any atom is 0.234 e. The van der Waals surface area contributed by atoms with E-state index in [0.29, 0.717) is 5.84 Å². The lowest BCUT2D eigenvalue weighted by Gasteiger charge is -2.27. The van der Waals surface area contributed by atoms with E-state index in [9.17, 15) is 0 Å². The average Bonchev–Trinajstić information content (AvgIpc) is 2.48. The SMILES string of the molecule is Cc1ccc(C2=NC(N)(c3ccccc3)N=C(N)N2)cc1. The fourth-order valence-electron chi connectivity index (χ4n) is 2.22. The van der Waals surface area contributed by atoms with Crippen molar-refractivity contribution in [3.05, 3.63) is 71.3 Å². The number of nitrogens with zero attached hydrogens (tertiary/aromatic N) is 2. The van der Waals surface area contributed by atoms with E-state index in [1.807, 2.05) is 61.5 Å². The topological polar surface area (TPSA) is 88.8 Å². The molecule has 0 saturated heterocycles. The Morgan fingerprint density at radius 1 is 0.952 bits per heavy atom. The quantitative estimate of drug-likeness (QED) is 0.777. The first-order valence-corrected chi connectivity index (χ1v) is 6.70. The Morgan fingerprint density at radius 2 is 1.62 bits per heavy atom. The zero-order valence-corrected chi connectivity index (χ0v) is 11.7. The molecule has 5 heteroatoms. The van der Waals surface area contributed by atoms with Crippen molar-refractivity contribution in [3.8, 4) is 0 Å². The van der Waals surface area contributed by atoms with Gasteiger partial charge in [0.05, 0.1) is 0 Å². The van der Waals surface area contributed by atoms with E-state index < -0.39 is 5.79 Å². The summed E-state index contributed by atoms with van der Waals surface area (Å²) in [4.78, 5) is 8.80. The van der Waals surface area contributed by atoms with Crippen LogP contribution in [0.5, 0.6) is 0 Å². The molecule has 0 aliphatic carbocycles. The van der Waals surface area contributed by atoms with E-state index in [2.05, 4.69) is 15.3 Å². The van der Waals surface area contributed by atoms with Crippen LogP contribution in [-0.4, -0.2) is 11.8 Å². The summed E-state index contributed by atoms with van der Waals surface area (Å²) in [6, 6.07) is 17.5. The number of guanidine groups is 1. The molecule has 5 nitrogen and oxygen atoms in total. The summed E-state index contributed by atoms with van der Waals surface area (Å²) in [6.45, 7) is 2.03. The fraction of sp³-hybridized carbons (Fsp3) is 0.125. The van der Waals surface area contributed by atoms with E-state index in [1.165, 1.54) is 5.56 Å². The number of hydrogen-bond acceptors (Lipinski definition) is 5. The third kappa shape index (κ3) is 2.64. The lowest BCUT2D eigenvalue weighted by molar-refractivity contribution is 0.486. The van der Waals surface area contributed by atoms with Crippen molar-refractivity contribution >= 4 is 11.8 Å². The van der Waals surface area contributed by atoms with Crippen LogP contribution in [0.1, 0.15) is 16.7 Å². The fourth-order valence-corrected chi connectivity index (χ4v) is 2.22. The highest BCUT2D eigenvalue weighted by Crippen LogP contribution is 2.24. The van der Waals surface area contributed by atoms with Crippen molar-refractivity contribution in [2.45, 2.75) is 12.7 Å². The van der Waals surface area contributed by atoms with Crippen molar-refractivity contribution < 1.29 is 0 Å². The summed E-state index contributed by atoms with van der Waals surface area (Å²) >= 11 is 0. The Kier molecular flexibility index (Phi) is 3.19. The van der Waals surface area contributed by atoms with E-state index in [-0.39, 0.29) is 5.96 Å². The highest BCUT2D eigenvalue weighted by molar-refractivity contribution is 6.09. The molecule has 1 atom stereocenters. The number of benzene rings is 2. The summed E-state index contributed by atoms with van der Waals surface area (Å²) < 4.78 is 0. The Morgan fingerprint density at radius 3 is 2.29 bits per heavy atom. The molecule has 0 amide bonds. The number of rotatable bonds is 2. The molecule has 0 fully saturated rings. The van der Waals surface area contributed by atoms with Gasteiger partial charge in [0, 0.05) is 11.1 Å². The third-order valence-corrected chi connectivity index (χ3v) is 3.34. The highest BCUT2D eigenvalue weighted by Gasteiger charge is 2.30. The summed E-state index contributed by atoms with van der Waals surface area (Å²) in [5, 5.41) is 2.97. The van der Waals surface area contributed by atoms with Gasteiger partial charge in [-0.3, -0.25) is 5.73 Å². The first-order valence-electron chi connectivity index (χ1n) is 6.70. The van der Waals surface area contributed by atoms with E-state index >= 15 is 0 Å².